The van der Waals surface area contributed by atoms with Crippen molar-refractivity contribution in [1.29, 1.82) is 0 Å². The van der Waals surface area contributed by atoms with E-state index in [1.165, 1.54) is 0 Å². The maximum atomic E-state index is 11.7. The molecule has 5 nitrogen and oxygen atoms in total. The van der Waals surface area contributed by atoms with E-state index in [1.54, 1.807) is 14.2 Å². The van der Waals surface area contributed by atoms with E-state index >= 15 is 0 Å². The molecule has 1 aromatic carbocycles. The van der Waals surface area contributed by atoms with E-state index in [0.717, 1.165) is 24.9 Å². The Morgan fingerprint density at radius 2 is 2.05 bits per heavy atom. The minimum atomic E-state index is -0.314. The topological polar surface area (TPSA) is 64.8 Å². The summed E-state index contributed by atoms with van der Waals surface area (Å²) in [5, 5.41) is 0. The Labute approximate surface area is 113 Å². The van der Waals surface area contributed by atoms with Gasteiger partial charge < -0.3 is 20.1 Å². The predicted octanol–water partition coefficient (Wildman–Crippen LogP) is 0.806. The van der Waals surface area contributed by atoms with Crippen molar-refractivity contribution in [2.45, 2.75) is 18.9 Å². The standard InChI is InChI=1S/C14H20N2O3/c1-18-12-4-3-10(9-13(12)19-2)5-7-16-8-6-11(15)14(16)17/h3-4,9,11H,5-8,15H2,1-2H3. The van der Waals surface area contributed by atoms with Crippen LogP contribution in [-0.4, -0.2) is 44.2 Å². The van der Waals surface area contributed by atoms with Crippen LogP contribution in [0.3, 0.4) is 0 Å². The number of nitrogens with zero attached hydrogens (tertiary/aromatic N) is 1. The van der Waals surface area contributed by atoms with Gasteiger partial charge in [-0.3, -0.25) is 4.79 Å². The van der Waals surface area contributed by atoms with E-state index in [1.807, 2.05) is 23.1 Å². The van der Waals surface area contributed by atoms with E-state index in [0.29, 0.717) is 18.0 Å². The number of nitrogens with two attached hydrogens (primary N) is 1. The molecule has 1 heterocycles. The number of hydrogen-bond acceptors (Lipinski definition) is 4. The molecule has 2 rings (SSSR count). The summed E-state index contributed by atoms with van der Waals surface area (Å²) in [5.41, 5.74) is 6.81. The van der Waals surface area contributed by atoms with E-state index in [-0.39, 0.29) is 11.9 Å². The lowest BCUT2D eigenvalue weighted by Crippen LogP contribution is -2.35. The minimum absolute atomic E-state index is 0.0560. The molecule has 0 aromatic heterocycles. The first-order valence-electron chi connectivity index (χ1n) is 6.41. The van der Waals surface area contributed by atoms with Crippen molar-refractivity contribution in [1.82, 2.24) is 4.90 Å². The highest BCUT2D eigenvalue weighted by molar-refractivity contribution is 5.83. The Hall–Kier alpha value is -1.75. The molecule has 0 saturated carbocycles. The number of carbonyl (C=O) groups excluding carboxylic acids is 1. The Kier molecular flexibility index (Phi) is 4.27. The third-order valence-electron chi connectivity index (χ3n) is 3.46. The maximum Gasteiger partial charge on any atom is 0.239 e. The van der Waals surface area contributed by atoms with Crippen LogP contribution in [0.1, 0.15) is 12.0 Å². The fraction of sp³-hybridized carbons (Fsp3) is 0.500. The van der Waals surface area contributed by atoms with Crippen LogP contribution in [0, 0.1) is 0 Å². The first-order chi connectivity index (χ1) is 9.15. The second-order valence-corrected chi connectivity index (χ2v) is 4.66. The van der Waals surface area contributed by atoms with E-state index < -0.39 is 0 Å². The molecule has 0 radical (unpaired) electrons. The molecule has 0 aliphatic carbocycles. The molecule has 19 heavy (non-hydrogen) atoms. The highest BCUT2D eigenvalue weighted by Crippen LogP contribution is 2.27. The molecule has 1 aliphatic heterocycles. The number of carbonyl (C=O) groups is 1. The third-order valence-corrected chi connectivity index (χ3v) is 3.46. The average Bonchev–Trinajstić information content (AvgIpc) is 2.76. The molecule has 1 unspecified atom stereocenters. The lowest BCUT2D eigenvalue weighted by Gasteiger charge is -2.16. The summed E-state index contributed by atoms with van der Waals surface area (Å²) in [5.74, 6) is 1.48. The lowest BCUT2D eigenvalue weighted by molar-refractivity contribution is -0.128. The summed E-state index contributed by atoms with van der Waals surface area (Å²) in [4.78, 5) is 13.5. The van der Waals surface area contributed by atoms with Crippen molar-refractivity contribution in [3.63, 3.8) is 0 Å². The summed E-state index contributed by atoms with van der Waals surface area (Å²) in [6.45, 7) is 1.45. The highest BCUT2D eigenvalue weighted by Gasteiger charge is 2.27. The smallest absolute Gasteiger partial charge is 0.239 e. The third kappa shape index (κ3) is 2.98. The summed E-state index contributed by atoms with van der Waals surface area (Å²) < 4.78 is 10.5. The first kappa shape index (κ1) is 13.7. The first-order valence-corrected chi connectivity index (χ1v) is 6.41. The van der Waals surface area contributed by atoms with E-state index in [9.17, 15) is 4.79 Å². The van der Waals surface area contributed by atoms with Gasteiger partial charge in [-0.2, -0.15) is 0 Å². The predicted molar refractivity (Wildman–Crippen MR) is 72.4 cm³/mol. The fourth-order valence-electron chi connectivity index (χ4n) is 2.29. The molecule has 2 N–H and O–H groups in total. The average molecular weight is 264 g/mol. The molecular weight excluding hydrogens is 244 g/mol. The number of amides is 1. The largest absolute Gasteiger partial charge is 0.493 e. The highest BCUT2D eigenvalue weighted by atomic mass is 16.5. The summed E-state index contributed by atoms with van der Waals surface area (Å²) in [6.07, 6.45) is 1.55. The number of rotatable bonds is 5. The Morgan fingerprint density at radius 3 is 2.63 bits per heavy atom. The minimum Gasteiger partial charge on any atom is -0.493 e. The molecule has 1 atom stereocenters. The zero-order valence-electron chi connectivity index (χ0n) is 11.4. The van der Waals surface area contributed by atoms with Crippen molar-refractivity contribution in [2.24, 2.45) is 5.73 Å². The van der Waals surface area contributed by atoms with Crippen molar-refractivity contribution in [3.05, 3.63) is 23.8 Å². The second-order valence-electron chi connectivity index (χ2n) is 4.66. The molecule has 1 fully saturated rings. The number of benzene rings is 1. The van der Waals surface area contributed by atoms with Crippen molar-refractivity contribution < 1.29 is 14.3 Å². The molecule has 0 bridgehead atoms. The van der Waals surface area contributed by atoms with Crippen LogP contribution in [-0.2, 0) is 11.2 Å². The summed E-state index contributed by atoms with van der Waals surface area (Å²) in [7, 11) is 3.23. The van der Waals surface area contributed by atoms with Crippen LogP contribution in [0.5, 0.6) is 11.5 Å². The molecule has 1 aromatic rings. The molecule has 0 spiro atoms. The van der Waals surface area contributed by atoms with Crippen LogP contribution < -0.4 is 15.2 Å². The second kappa shape index (κ2) is 5.93. The van der Waals surface area contributed by atoms with Crippen molar-refractivity contribution in [3.8, 4) is 11.5 Å². The Bertz CT molecular complexity index is 462. The Balaban J connectivity index is 1.98. The number of likely N-dealkylation sites (tertiary alicyclic amines) is 1. The van der Waals surface area contributed by atoms with Gasteiger partial charge in [0.1, 0.15) is 0 Å². The molecule has 104 valence electrons. The number of ether oxygens (including phenoxy) is 2. The van der Waals surface area contributed by atoms with Gasteiger partial charge >= 0.3 is 0 Å². The van der Waals surface area contributed by atoms with Crippen LogP contribution in [0.25, 0.3) is 0 Å². The zero-order chi connectivity index (χ0) is 13.8. The van der Waals surface area contributed by atoms with Gasteiger partial charge in [-0.15, -0.1) is 0 Å². The van der Waals surface area contributed by atoms with Gasteiger partial charge in [0.05, 0.1) is 20.3 Å². The van der Waals surface area contributed by atoms with Gasteiger partial charge in [0.15, 0.2) is 11.5 Å². The van der Waals surface area contributed by atoms with Gasteiger partial charge in [0, 0.05) is 13.1 Å². The van der Waals surface area contributed by atoms with Crippen LogP contribution in [0.2, 0.25) is 0 Å². The van der Waals surface area contributed by atoms with Gasteiger partial charge in [-0.25, -0.2) is 0 Å². The maximum absolute atomic E-state index is 11.7. The lowest BCUT2D eigenvalue weighted by atomic mass is 10.1. The molecule has 1 saturated heterocycles. The SMILES string of the molecule is COc1ccc(CCN2CCC(N)C2=O)cc1OC. The normalized spacial score (nSPS) is 18.8. The molecule has 1 aliphatic rings. The van der Waals surface area contributed by atoms with E-state index in [4.69, 9.17) is 15.2 Å². The van der Waals surface area contributed by atoms with Gasteiger partial charge in [0.25, 0.3) is 0 Å². The van der Waals surface area contributed by atoms with Gasteiger partial charge in [-0.05, 0) is 30.5 Å². The Morgan fingerprint density at radius 1 is 1.32 bits per heavy atom. The quantitative estimate of drug-likeness (QED) is 0.854. The van der Waals surface area contributed by atoms with Crippen LogP contribution >= 0.6 is 0 Å². The molecular formula is C14H20N2O3. The van der Waals surface area contributed by atoms with E-state index in [2.05, 4.69) is 0 Å². The van der Waals surface area contributed by atoms with Crippen LogP contribution in [0.15, 0.2) is 18.2 Å². The molecule has 1 amide bonds. The number of hydrogen-bond donors (Lipinski definition) is 1. The zero-order valence-corrected chi connectivity index (χ0v) is 11.4. The summed E-state index contributed by atoms with van der Waals surface area (Å²) in [6, 6.07) is 5.50. The van der Waals surface area contributed by atoms with Crippen molar-refractivity contribution >= 4 is 5.91 Å². The van der Waals surface area contributed by atoms with Gasteiger partial charge in [0.2, 0.25) is 5.91 Å². The molecule has 5 heteroatoms. The number of methoxy groups -OCH3 is 2. The summed E-state index contributed by atoms with van der Waals surface area (Å²) >= 11 is 0. The van der Waals surface area contributed by atoms with Gasteiger partial charge in [-0.1, -0.05) is 6.07 Å². The monoisotopic (exact) mass is 264 g/mol. The van der Waals surface area contributed by atoms with Crippen LogP contribution in [0.4, 0.5) is 0 Å². The fourth-order valence-corrected chi connectivity index (χ4v) is 2.29. The van der Waals surface area contributed by atoms with Crippen molar-refractivity contribution in [2.75, 3.05) is 27.3 Å².